The number of nitrogens with one attached hydrogen (secondary N) is 1. The van der Waals surface area contributed by atoms with E-state index >= 15 is 0 Å². The molecule has 2 N–H and O–H groups in total. The van der Waals surface area contributed by atoms with E-state index in [9.17, 15) is 14.7 Å². The van der Waals surface area contributed by atoms with Crippen molar-refractivity contribution in [2.45, 2.75) is 38.3 Å². The van der Waals surface area contributed by atoms with Crippen LogP contribution in [0, 0.1) is 5.41 Å². The predicted octanol–water partition coefficient (Wildman–Crippen LogP) is 4.99. The van der Waals surface area contributed by atoms with Gasteiger partial charge in [0.1, 0.15) is 6.04 Å². The van der Waals surface area contributed by atoms with Gasteiger partial charge in [-0.2, -0.15) is 11.8 Å². The second-order valence-corrected chi connectivity index (χ2v) is 10.9. The lowest BCUT2D eigenvalue weighted by Gasteiger charge is -2.51. The molecule has 5 nitrogen and oxygen atoms in total. The van der Waals surface area contributed by atoms with Crippen LogP contribution in [0.4, 0.5) is 0 Å². The van der Waals surface area contributed by atoms with Gasteiger partial charge in [-0.1, -0.05) is 49.2 Å². The van der Waals surface area contributed by atoms with Gasteiger partial charge < -0.3 is 15.3 Å². The number of benzene rings is 2. The average Bonchev–Trinajstić information content (AvgIpc) is 2.78. The minimum atomic E-state index is -1.09. The van der Waals surface area contributed by atoms with Crippen molar-refractivity contribution in [1.29, 1.82) is 0 Å². The average molecular weight is 509 g/mol. The maximum atomic E-state index is 13.5. The van der Waals surface area contributed by atoms with Crippen LogP contribution in [0.2, 0.25) is 10.0 Å². The SMILES string of the molecule is CSCC[C@@H](NC(=O)c1ccc(Cl)cc1)C(=O)N1CC[C@](O)(c2ccc(Cl)cc2)C(C)(C)C1. The number of nitrogens with zero attached hydrogens (tertiary/aromatic N) is 1. The number of piperidine rings is 1. The third-order valence-corrected chi connectivity index (χ3v) is 7.55. The Morgan fingerprint density at radius 2 is 1.67 bits per heavy atom. The van der Waals surface area contributed by atoms with Crippen molar-refractivity contribution in [3.63, 3.8) is 0 Å². The molecule has 1 fully saturated rings. The van der Waals surface area contributed by atoms with Crippen molar-refractivity contribution >= 4 is 46.8 Å². The summed E-state index contributed by atoms with van der Waals surface area (Å²) in [5.41, 5.74) is -0.439. The number of aliphatic hydroxyl groups is 1. The number of carbonyl (C=O) groups is 2. The first-order valence-corrected chi connectivity index (χ1v) is 13.0. The van der Waals surface area contributed by atoms with Gasteiger partial charge in [-0.15, -0.1) is 0 Å². The molecule has 1 aliphatic rings. The van der Waals surface area contributed by atoms with Gasteiger partial charge in [-0.05, 0) is 66.8 Å². The highest BCUT2D eigenvalue weighted by molar-refractivity contribution is 7.98. The Bertz CT molecular complexity index is 982. The first-order valence-electron chi connectivity index (χ1n) is 10.9. The highest BCUT2D eigenvalue weighted by Crippen LogP contribution is 2.46. The van der Waals surface area contributed by atoms with E-state index in [0.29, 0.717) is 41.5 Å². The summed E-state index contributed by atoms with van der Waals surface area (Å²) < 4.78 is 0. The summed E-state index contributed by atoms with van der Waals surface area (Å²) in [4.78, 5) is 28.0. The van der Waals surface area contributed by atoms with E-state index in [4.69, 9.17) is 23.2 Å². The van der Waals surface area contributed by atoms with Crippen molar-refractivity contribution in [1.82, 2.24) is 10.2 Å². The zero-order valence-corrected chi connectivity index (χ0v) is 21.4. The molecule has 0 unspecified atom stereocenters. The number of hydrogen-bond acceptors (Lipinski definition) is 4. The Labute approximate surface area is 209 Å². The molecule has 33 heavy (non-hydrogen) atoms. The molecule has 1 aliphatic heterocycles. The number of amides is 2. The molecule has 0 saturated carbocycles. The van der Waals surface area contributed by atoms with Crippen LogP contribution in [-0.4, -0.2) is 53.0 Å². The van der Waals surface area contributed by atoms with Crippen LogP contribution < -0.4 is 5.32 Å². The minimum Gasteiger partial charge on any atom is -0.384 e. The molecule has 2 amide bonds. The highest BCUT2D eigenvalue weighted by atomic mass is 35.5. The lowest BCUT2D eigenvalue weighted by molar-refractivity contribution is -0.154. The molecule has 0 bridgehead atoms. The fourth-order valence-corrected chi connectivity index (χ4v) is 5.05. The summed E-state index contributed by atoms with van der Waals surface area (Å²) in [6.07, 6.45) is 2.89. The highest BCUT2D eigenvalue weighted by Gasteiger charge is 2.50. The van der Waals surface area contributed by atoms with Gasteiger partial charge in [0, 0.05) is 34.1 Å². The molecule has 0 aliphatic carbocycles. The molecule has 0 spiro atoms. The zero-order valence-electron chi connectivity index (χ0n) is 19.1. The predicted molar refractivity (Wildman–Crippen MR) is 136 cm³/mol. The van der Waals surface area contributed by atoms with E-state index < -0.39 is 17.1 Å². The number of hydrogen-bond donors (Lipinski definition) is 2. The smallest absolute Gasteiger partial charge is 0.251 e. The van der Waals surface area contributed by atoms with Gasteiger partial charge in [0.2, 0.25) is 5.91 Å². The van der Waals surface area contributed by atoms with Crippen molar-refractivity contribution in [3.05, 3.63) is 69.7 Å². The van der Waals surface area contributed by atoms with Crippen LogP contribution in [0.1, 0.15) is 42.6 Å². The van der Waals surface area contributed by atoms with E-state index in [1.165, 1.54) is 0 Å². The number of carbonyl (C=O) groups excluding carboxylic acids is 2. The summed E-state index contributed by atoms with van der Waals surface area (Å²) in [6, 6.07) is 13.2. The Hall–Kier alpha value is -1.73. The van der Waals surface area contributed by atoms with Crippen LogP contribution in [-0.2, 0) is 10.4 Å². The lowest BCUT2D eigenvalue weighted by atomic mass is 9.66. The monoisotopic (exact) mass is 508 g/mol. The third-order valence-electron chi connectivity index (χ3n) is 6.40. The normalized spacial score (nSPS) is 20.8. The third kappa shape index (κ3) is 5.86. The Kier molecular flexibility index (Phi) is 8.38. The molecular formula is C25H30Cl2N2O3S. The fraction of sp³-hybridized carbons (Fsp3) is 0.440. The van der Waals surface area contributed by atoms with Gasteiger partial charge in [0.25, 0.3) is 5.91 Å². The molecule has 2 atom stereocenters. The Morgan fingerprint density at radius 1 is 1.09 bits per heavy atom. The lowest BCUT2D eigenvalue weighted by Crippen LogP contribution is -2.59. The zero-order chi connectivity index (χ0) is 24.2. The molecule has 2 aromatic carbocycles. The van der Waals surface area contributed by atoms with E-state index in [0.717, 1.165) is 11.3 Å². The molecule has 8 heteroatoms. The van der Waals surface area contributed by atoms with Crippen molar-refractivity contribution in [2.75, 3.05) is 25.1 Å². The molecule has 0 radical (unpaired) electrons. The van der Waals surface area contributed by atoms with Gasteiger partial charge in [-0.3, -0.25) is 9.59 Å². The molecular weight excluding hydrogens is 479 g/mol. The van der Waals surface area contributed by atoms with Gasteiger partial charge in [0.05, 0.1) is 5.60 Å². The first-order chi connectivity index (χ1) is 15.6. The summed E-state index contributed by atoms with van der Waals surface area (Å²) in [6.45, 7) is 4.69. The van der Waals surface area contributed by atoms with Crippen LogP contribution in [0.3, 0.4) is 0 Å². The fourth-order valence-electron chi connectivity index (χ4n) is 4.33. The second-order valence-electron chi connectivity index (χ2n) is 9.08. The van der Waals surface area contributed by atoms with Crippen molar-refractivity contribution in [3.8, 4) is 0 Å². The molecule has 178 valence electrons. The van der Waals surface area contributed by atoms with Gasteiger partial charge in [0.15, 0.2) is 0 Å². The maximum absolute atomic E-state index is 13.5. The number of rotatable bonds is 7. The summed E-state index contributed by atoms with van der Waals surface area (Å²) in [7, 11) is 0. The van der Waals surface area contributed by atoms with Crippen LogP contribution in [0.25, 0.3) is 0 Å². The maximum Gasteiger partial charge on any atom is 0.251 e. The summed E-state index contributed by atoms with van der Waals surface area (Å²) >= 11 is 13.6. The van der Waals surface area contributed by atoms with E-state index in [1.54, 1.807) is 53.1 Å². The number of halogens is 2. The topological polar surface area (TPSA) is 69.6 Å². The van der Waals surface area contributed by atoms with Crippen molar-refractivity contribution < 1.29 is 14.7 Å². The van der Waals surface area contributed by atoms with Crippen LogP contribution in [0.5, 0.6) is 0 Å². The first kappa shape index (κ1) is 25.9. The largest absolute Gasteiger partial charge is 0.384 e. The van der Waals surface area contributed by atoms with Crippen LogP contribution >= 0.6 is 35.0 Å². The summed E-state index contributed by atoms with van der Waals surface area (Å²) in [5, 5.41) is 15.7. The Morgan fingerprint density at radius 3 is 2.21 bits per heavy atom. The molecule has 0 aromatic heterocycles. The van der Waals surface area contributed by atoms with Gasteiger partial charge in [-0.25, -0.2) is 0 Å². The van der Waals surface area contributed by atoms with E-state index in [-0.39, 0.29) is 11.8 Å². The quantitative estimate of drug-likeness (QED) is 0.552. The Balaban J connectivity index is 1.76. The summed E-state index contributed by atoms with van der Waals surface area (Å²) in [5.74, 6) is 0.307. The van der Waals surface area contributed by atoms with Crippen LogP contribution in [0.15, 0.2) is 48.5 Å². The molecule has 1 saturated heterocycles. The minimum absolute atomic E-state index is 0.127. The van der Waals surface area contributed by atoms with E-state index in [2.05, 4.69) is 5.32 Å². The standard InChI is InChI=1S/C25H30Cl2N2O3S/c1-24(2)16-29(14-13-25(24,32)18-6-10-20(27)11-7-18)23(31)21(12-15-33-3)28-22(30)17-4-8-19(26)9-5-17/h4-11,21,32H,12-16H2,1-3H3,(H,28,30)/t21-,25+/m1/s1. The van der Waals surface area contributed by atoms with Gasteiger partial charge >= 0.3 is 0 Å². The van der Waals surface area contributed by atoms with E-state index in [1.807, 2.05) is 32.2 Å². The molecule has 2 aromatic rings. The second kappa shape index (κ2) is 10.7. The number of likely N-dealkylation sites (tertiary alicyclic amines) is 1. The molecule has 3 rings (SSSR count). The van der Waals surface area contributed by atoms with Crippen molar-refractivity contribution in [2.24, 2.45) is 5.41 Å². The molecule has 1 heterocycles. The number of thioether (sulfide) groups is 1.